The smallest absolute Gasteiger partial charge is 0.226 e. The second-order valence-electron chi connectivity index (χ2n) is 6.66. The monoisotopic (exact) mass is 423 g/mol. The standard InChI is InChI=1S/C22H19F2N5O2/c1-31-18-5-3-2-4-15(18)21-22(29-11-10-25-13-19(29)28-21)26-9-8-20(30)27-17-7-6-14(23)12-16(17)24/h2-7,10-13,26H,8-9H2,1H3,(H,27,30). The van der Waals surface area contributed by atoms with Crippen LogP contribution in [0.4, 0.5) is 20.3 Å². The molecule has 9 heteroatoms. The minimum atomic E-state index is -0.825. The number of nitrogens with zero attached hydrogens (tertiary/aromatic N) is 3. The predicted octanol–water partition coefficient (Wildman–Crippen LogP) is 4.12. The van der Waals surface area contributed by atoms with Crippen LogP contribution in [0.15, 0.2) is 61.1 Å². The van der Waals surface area contributed by atoms with Gasteiger partial charge in [-0.2, -0.15) is 0 Å². The lowest BCUT2D eigenvalue weighted by Crippen LogP contribution is -2.17. The molecule has 0 saturated heterocycles. The van der Waals surface area contributed by atoms with Gasteiger partial charge >= 0.3 is 0 Å². The fourth-order valence-electron chi connectivity index (χ4n) is 3.20. The number of halogens is 2. The van der Waals surface area contributed by atoms with Crippen LogP contribution in [0.2, 0.25) is 0 Å². The number of amides is 1. The van der Waals surface area contributed by atoms with Gasteiger partial charge in [0.15, 0.2) is 5.65 Å². The number of hydrogen-bond donors (Lipinski definition) is 2. The highest BCUT2D eigenvalue weighted by Crippen LogP contribution is 2.34. The Morgan fingerprint density at radius 1 is 1.19 bits per heavy atom. The number of aromatic nitrogens is 3. The maximum absolute atomic E-state index is 13.7. The molecule has 0 aliphatic carbocycles. The van der Waals surface area contributed by atoms with Crippen molar-refractivity contribution in [3.63, 3.8) is 0 Å². The number of para-hydroxylation sites is 1. The Bertz CT molecular complexity index is 1240. The molecule has 0 aliphatic rings. The summed E-state index contributed by atoms with van der Waals surface area (Å²) in [4.78, 5) is 21.0. The van der Waals surface area contributed by atoms with Crippen molar-refractivity contribution >= 4 is 23.1 Å². The molecule has 0 atom stereocenters. The van der Waals surface area contributed by atoms with E-state index >= 15 is 0 Å². The maximum Gasteiger partial charge on any atom is 0.226 e. The first-order chi connectivity index (χ1) is 15.1. The molecular formula is C22H19F2N5O2. The van der Waals surface area contributed by atoms with E-state index in [0.29, 0.717) is 22.9 Å². The molecule has 31 heavy (non-hydrogen) atoms. The normalized spacial score (nSPS) is 10.8. The van der Waals surface area contributed by atoms with Gasteiger partial charge in [0.05, 0.1) is 19.0 Å². The molecule has 4 rings (SSSR count). The third kappa shape index (κ3) is 4.30. The molecule has 0 unspecified atom stereocenters. The van der Waals surface area contributed by atoms with Gasteiger partial charge in [-0.15, -0.1) is 0 Å². The zero-order chi connectivity index (χ0) is 21.8. The van der Waals surface area contributed by atoms with Gasteiger partial charge in [0.1, 0.15) is 28.9 Å². The summed E-state index contributed by atoms with van der Waals surface area (Å²) in [6.45, 7) is 0.257. The van der Waals surface area contributed by atoms with E-state index in [9.17, 15) is 13.6 Å². The number of ether oxygens (including phenoxy) is 1. The van der Waals surface area contributed by atoms with Crippen molar-refractivity contribution < 1.29 is 18.3 Å². The summed E-state index contributed by atoms with van der Waals surface area (Å²) in [6.07, 6.45) is 5.09. The van der Waals surface area contributed by atoms with Crippen LogP contribution in [-0.4, -0.2) is 33.9 Å². The van der Waals surface area contributed by atoms with Crippen molar-refractivity contribution in [1.29, 1.82) is 0 Å². The van der Waals surface area contributed by atoms with Gasteiger partial charge in [-0.25, -0.2) is 13.8 Å². The van der Waals surface area contributed by atoms with Crippen LogP contribution in [0.3, 0.4) is 0 Å². The first-order valence-corrected chi connectivity index (χ1v) is 9.51. The number of rotatable bonds is 7. The number of carbonyl (C=O) groups excluding carboxylic acids is 1. The molecule has 2 heterocycles. The van der Waals surface area contributed by atoms with E-state index in [1.54, 1.807) is 25.7 Å². The third-order valence-corrected chi connectivity index (χ3v) is 4.64. The summed E-state index contributed by atoms with van der Waals surface area (Å²) in [5.41, 5.74) is 2.00. The van der Waals surface area contributed by atoms with Gasteiger partial charge in [-0.05, 0) is 24.3 Å². The minimum Gasteiger partial charge on any atom is -0.496 e. The SMILES string of the molecule is COc1ccccc1-c1nc2cnccn2c1NCCC(=O)Nc1ccc(F)cc1F. The first-order valence-electron chi connectivity index (χ1n) is 9.51. The van der Waals surface area contributed by atoms with Crippen LogP contribution in [0, 0.1) is 11.6 Å². The molecule has 0 bridgehead atoms. The third-order valence-electron chi connectivity index (χ3n) is 4.64. The van der Waals surface area contributed by atoms with Crippen molar-refractivity contribution in [3.8, 4) is 17.0 Å². The lowest BCUT2D eigenvalue weighted by atomic mass is 10.1. The summed E-state index contributed by atoms with van der Waals surface area (Å²) in [7, 11) is 1.59. The number of methoxy groups -OCH3 is 1. The number of fused-ring (bicyclic) bond motifs is 1. The minimum absolute atomic E-state index is 0.0560. The molecular weight excluding hydrogens is 404 g/mol. The van der Waals surface area contributed by atoms with Gasteiger partial charge in [-0.3, -0.25) is 14.2 Å². The molecule has 2 aromatic heterocycles. The van der Waals surface area contributed by atoms with Crippen molar-refractivity contribution in [2.75, 3.05) is 24.3 Å². The van der Waals surface area contributed by atoms with E-state index in [0.717, 1.165) is 17.7 Å². The molecule has 0 saturated carbocycles. The number of carbonyl (C=O) groups is 1. The van der Waals surface area contributed by atoms with Gasteiger partial charge < -0.3 is 15.4 Å². The Balaban J connectivity index is 1.53. The quantitative estimate of drug-likeness (QED) is 0.467. The van der Waals surface area contributed by atoms with E-state index in [2.05, 4.69) is 20.6 Å². The van der Waals surface area contributed by atoms with E-state index in [4.69, 9.17) is 4.74 Å². The Kier molecular flexibility index (Phi) is 5.74. The molecule has 158 valence electrons. The maximum atomic E-state index is 13.7. The summed E-state index contributed by atoms with van der Waals surface area (Å²) in [5.74, 6) is -0.612. The zero-order valence-electron chi connectivity index (χ0n) is 16.6. The predicted molar refractivity (Wildman–Crippen MR) is 113 cm³/mol. The molecule has 0 spiro atoms. The first kappa shape index (κ1) is 20.3. The van der Waals surface area contributed by atoms with E-state index in [1.165, 1.54) is 6.07 Å². The fourth-order valence-corrected chi connectivity index (χ4v) is 3.20. The second-order valence-corrected chi connectivity index (χ2v) is 6.66. The molecule has 0 fully saturated rings. The lowest BCUT2D eigenvalue weighted by molar-refractivity contribution is -0.116. The summed E-state index contributed by atoms with van der Waals surface area (Å²) in [6, 6.07) is 10.5. The Morgan fingerprint density at radius 3 is 2.84 bits per heavy atom. The molecule has 7 nitrogen and oxygen atoms in total. The Labute approximate surface area is 176 Å². The van der Waals surface area contributed by atoms with Gasteiger partial charge in [-0.1, -0.05) is 12.1 Å². The highest BCUT2D eigenvalue weighted by molar-refractivity contribution is 5.91. The zero-order valence-corrected chi connectivity index (χ0v) is 16.6. The highest BCUT2D eigenvalue weighted by atomic mass is 19.1. The average molecular weight is 423 g/mol. The topological polar surface area (TPSA) is 80.6 Å². The van der Waals surface area contributed by atoms with Crippen LogP contribution >= 0.6 is 0 Å². The molecule has 2 aromatic carbocycles. The van der Waals surface area contributed by atoms with Crippen molar-refractivity contribution in [2.45, 2.75) is 6.42 Å². The largest absolute Gasteiger partial charge is 0.496 e. The van der Waals surface area contributed by atoms with Gasteiger partial charge in [0, 0.05) is 37.0 Å². The number of benzene rings is 2. The average Bonchev–Trinajstić information content (AvgIpc) is 3.14. The highest BCUT2D eigenvalue weighted by Gasteiger charge is 2.17. The van der Waals surface area contributed by atoms with Crippen LogP contribution < -0.4 is 15.4 Å². The van der Waals surface area contributed by atoms with Crippen molar-refractivity contribution in [1.82, 2.24) is 14.4 Å². The summed E-state index contributed by atoms with van der Waals surface area (Å²) >= 11 is 0. The van der Waals surface area contributed by atoms with E-state index in [1.807, 2.05) is 28.7 Å². The van der Waals surface area contributed by atoms with E-state index in [-0.39, 0.29) is 18.7 Å². The fraction of sp³-hybridized carbons (Fsp3) is 0.136. The van der Waals surface area contributed by atoms with Crippen molar-refractivity contribution in [3.05, 3.63) is 72.7 Å². The number of imidazole rings is 1. The number of nitrogens with one attached hydrogen (secondary N) is 2. The van der Waals surface area contributed by atoms with Crippen LogP contribution in [0.5, 0.6) is 5.75 Å². The van der Waals surface area contributed by atoms with E-state index < -0.39 is 17.5 Å². The number of hydrogen-bond acceptors (Lipinski definition) is 5. The lowest BCUT2D eigenvalue weighted by Gasteiger charge is -2.11. The van der Waals surface area contributed by atoms with Crippen molar-refractivity contribution in [2.24, 2.45) is 0 Å². The molecule has 4 aromatic rings. The molecule has 0 aliphatic heterocycles. The molecule has 1 amide bonds. The van der Waals surface area contributed by atoms with Crippen LogP contribution in [-0.2, 0) is 4.79 Å². The van der Waals surface area contributed by atoms with Gasteiger partial charge in [0.2, 0.25) is 5.91 Å². The summed E-state index contributed by atoms with van der Waals surface area (Å²) in [5, 5.41) is 5.68. The van der Waals surface area contributed by atoms with Gasteiger partial charge in [0.25, 0.3) is 0 Å². The molecule has 2 N–H and O–H groups in total. The van der Waals surface area contributed by atoms with Crippen LogP contribution in [0.25, 0.3) is 16.9 Å². The number of anilines is 2. The van der Waals surface area contributed by atoms with Crippen LogP contribution in [0.1, 0.15) is 6.42 Å². The molecule has 0 radical (unpaired) electrons. The second kappa shape index (κ2) is 8.78. The summed E-state index contributed by atoms with van der Waals surface area (Å²) < 4.78 is 34.0. The Hall–Kier alpha value is -4.01. The Morgan fingerprint density at radius 2 is 2.03 bits per heavy atom.